The van der Waals surface area contributed by atoms with Crippen LogP contribution in [0.4, 0.5) is 4.39 Å². The number of halogens is 2. The number of hydrazine groups is 1. The van der Waals surface area contributed by atoms with E-state index < -0.39 is 0 Å². The molecule has 0 fully saturated rings. The highest BCUT2D eigenvalue weighted by Gasteiger charge is 2.35. The van der Waals surface area contributed by atoms with Crippen molar-refractivity contribution < 1.29 is 4.39 Å². The summed E-state index contributed by atoms with van der Waals surface area (Å²) in [6.07, 6.45) is 0. The largest absolute Gasteiger partial charge is 0.271 e. The van der Waals surface area contributed by atoms with Gasteiger partial charge in [-0.05, 0) is 33.6 Å². The number of nitrogens with two attached hydrogens (primary N) is 1. The molecule has 7 heteroatoms. The van der Waals surface area contributed by atoms with E-state index in [1.54, 1.807) is 23.9 Å². The standard InChI is InChI=1S/C13H17BrFN5/c1-13(2,8-4-6-9(15)7-5-8)11(17-16)10-12(14)18-19-20(10)3/h4-7,11,17H,16H2,1-3H3. The molecule has 0 saturated carbocycles. The summed E-state index contributed by atoms with van der Waals surface area (Å²) in [6, 6.07) is 6.18. The van der Waals surface area contributed by atoms with Crippen LogP contribution in [0.15, 0.2) is 28.9 Å². The molecule has 0 radical (unpaired) electrons. The zero-order valence-electron chi connectivity index (χ0n) is 11.6. The summed E-state index contributed by atoms with van der Waals surface area (Å²) in [5, 5.41) is 7.95. The molecule has 0 aliphatic carbocycles. The van der Waals surface area contributed by atoms with Gasteiger partial charge in [0.2, 0.25) is 0 Å². The van der Waals surface area contributed by atoms with Crippen molar-refractivity contribution in [2.75, 3.05) is 0 Å². The van der Waals surface area contributed by atoms with Crippen LogP contribution in [0.25, 0.3) is 0 Å². The fourth-order valence-electron chi connectivity index (χ4n) is 2.32. The van der Waals surface area contributed by atoms with Gasteiger partial charge in [-0.1, -0.05) is 31.2 Å². The minimum Gasteiger partial charge on any atom is -0.271 e. The Balaban J connectivity index is 2.47. The molecule has 0 saturated heterocycles. The lowest BCUT2D eigenvalue weighted by atomic mass is 9.76. The van der Waals surface area contributed by atoms with Gasteiger partial charge in [0.1, 0.15) is 5.82 Å². The molecule has 0 aliphatic heterocycles. The molecule has 3 N–H and O–H groups in total. The molecule has 0 amide bonds. The third-order valence-electron chi connectivity index (χ3n) is 3.58. The Labute approximate surface area is 125 Å². The summed E-state index contributed by atoms with van der Waals surface area (Å²) in [6.45, 7) is 4.06. The first kappa shape index (κ1) is 15.1. The molecule has 2 aromatic rings. The molecule has 0 aliphatic rings. The topological polar surface area (TPSA) is 68.8 Å². The number of nitrogens with one attached hydrogen (secondary N) is 1. The molecule has 5 nitrogen and oxygen atoms in total. The van der Waals surface area contributed by atoms with Crippen LogP contribution in [0.1, 0.15) is 31.1 Å². The smallest absolute Gasteiger partial charge is 0.153 e. The van der Waals surface area contributed by atoms with Crippen LogP contribution >= 0.6 is 15.9 Å². The van der Waals surface area contributed by atoms with E-state index in [0.29, 0.717) is 4.60 Å². The molecule has 1 heterocycles. The Morgan fingerprint density at radius 2 is 1.95 bits per heavy atom. The highest BCUT2D eigenvalue weighted by atomic mass is 79.9. The van der Waals surface area contributed by atoms with Crippen molar-refractivity contribution in [3.8, 4) is 0 Å². The maximum atomic E-state index is 13.1. The molecule has 2 rings (SSSR count). The monoisotopic (exact) mass is 341 g/mol. The van der Waals surface area contributed by atoms with Gasteiger partial charge in [0.05, 0.1) is 11.7 Å². The lowest BCUT2D eigenvalue weighted by molar-refractivity contribution is 0.335. The van der Waals surface area contributed by atoms with Crippen LogP contribution in [0, 0.1) is 5.82 Å². The molecule has 108 valence electrons. The van der Waals surface area contributed by atoms with Crippen molar-refractivity contribution in [2.45, 2.75) is 25.3 Å². The Morgan fingerprint density at radius 1 is 1.35 bits per heavy atom. The third-order valence-corrected chi connectivity index (χ3v) is 4.14. The van der Waals surface area contributed by atoms with Crippen LogP contribution in [-0.2, 0) is 12.5 Å². The first-order valence-electron chi connectivity index (χ1n) is 6.15. The molecule has 20 heavy (non-hydrogen) atoms. The number of benzene rings is 1. The number of aromatic nitrogens is 3. The van der Waals surface area contributed by atoms with Crippen molar-refractivity contribution >= 4 is 15.9 Å². The van der Waals surface area contributed by atoms with Crippen LogP contribution in [0.3, 0.4) is 0 Å². The molecule has 0 bridgehead atoms. The van der Waals surface area contributed by atoms with Crippen molar-refractivity contribution in [1.29, 1.82) is 0 Å². The highest BCUT2D eigenvalue weighted by molar-refractivity contribution is 9.10. The van der Waals surface area contributed by atoms with Gasteiger partial charge in [0, 0.05) is 12.5 Å². The lowest BCUT2D eigenvalue weighted by Crippen LogP contribution is -2.42. The summed E-state index contributed by atoms with van der Waals surface area (Å²) in [5.41, 5.74) is 4.24. The molecule has 0 spiro atoms. The number of rotatable bonds is 4. The summed E-state index contributed by atoms with van der Waals surface area (Å²) < 4.78 is 15.4. The molecule has 1 aromatic heterocycles. The lowest BCUT2D eigenvalue weighted by Gasteiger charge is -2.34. The Kier molecular flexibility index (Phi) is 4.22. The second-order valence-electron chi connectivity index (χ2n) is 5.22. The number of aryl methyl sites for hydroxylation is 1. The van der Waals surface area contributed by atoms with Crippen LogP contribution in [0.5, 0.6) is 0 Å². The summed E-state index contributed by atoms with van der Waals surface area (Å²) in [7, 11) is 1.80. The van der Waals surface area contributed by atoms with Crippen LogP contribution < -0.4 is 11.3 Å². The van der Waals surface area contributed by atoms with Crippen molar-refractivity contribution in [2.24, 2.45) is 12.9 Å². The second-order valence-corrected chi connectivity index (χ2v) is 5.97. The zero-order chi connectivity index (χ0) is 14.9. The van der Waals surface area contributed by atoms with E-state index >= 15 is 0 Å². The maximum absolute atomic E-state index is 13.1. The van der Waals surface area contributed by atoms with Gasteiger partial charge in [0.25, 0.3) is 0 Å². The first-order chi connectivity index (χ1) is 9.37. The normalized spacial score (nSPS) is 13.5. The fraction of sp³-hybridized carbons (Fsp3) is 0.385. The quantitative estimate of drug-likeness (QED) is 0.660. The summed E-state index contributed by atoms with van der Waals surface area (Å²) in [4.78, 5) is 0. The van der Waals surface area contributed by atoms with Gasteiger partial charge in [-0.15, -0.1) is 5.10 Å². The predicted octanol–water partition coefficient (Wildman–Crippen LogP) is 2.20. The predicted molar refractivity (Wildman–Crippen MR) is 78.2 cm³/mol. The van der Waals surface area contributed by atoms with Crippen LogP contribution in [-0.4, -0.2) is 15.0 Å². The number of hydrogen-bond acceptors (Lipinski definition) is 4. The van der Waals surface area contributed by atoms with E-state index in [-0.39, 0.29) is 17.3 Å². The van der Waals surface area contributed by atoms with Crippen molar-refractivity contribution in [3.63, 3.8) is 0 Å². The Bertz CT molecular complexity index is 574. The van der Waals surface area contributed by atoms with Gasteiger partial charge in [0.15, 0.2) is 4.60 Å². The van der Waals surface area contributed by atoms with Crippen LogP contribution in [0.2, 0.25) is 0 Å². The minimum atomic E-state index is -0.375. The summed E-state index contributed by atoms with van der Waals surface area (Å²) in [5.74, 6) is 5.48. The average Bonchev–Trinajstić information content (AvgIpc) is 2.72. The van der Waals surface area contributed by atoms with E-state index in [0.717, 1.165) is 11.3 Å². The average molecular weight is 342 g/mol. The van der Waals surface area contributed by atoms with E-state index in [1.807, 2.05) is 13.8 Å². The Morgan fingerprint density at radius 3 is 2.40 bits per heavy atom. The van der Waals surface area contributed by atoms with Gasteiger partial charge in [-0.3, -0.25) is 11.3 Å². The zero-order valence-corrected chi connectivity index (χ0v) is 13.1. The highest BCUT2D eigenvalue weighted by Crippen LogP contribution is 2.38. The first-order valence-corrected chi connectivity index (χ1v) is 6.94. The minimum absolute atomic E-state index is 0.234. The number of nitrogens with zero attached hydrogens (tertiary/aromatic N) is 3. The maximum Gasteiger partial charge on any atom is 0.153 e. The summed E-state index contributed by atoms with van der Waals surface area (Å²) >= 11 is 3.39. The SMILES string of the molecule is Cn1nnc(Br)c1C(NN)C(C)(C)c1ccc(F)cc1. The second kappa shape index (κ2) is 5.59. The van der Waals surface area contributed by atoms with Gasteiger partial charge >= 0.3 is 0 Å². The van der Waals surface area contributed by atoms with E-state index in [2.05, 4.69) is 31.7 Å². The van der Waals surface area contributed by atoms with Crippen molar-refractivity contribution in [3.05, 3.63) is 45.9 Å². The van der Waals surface area contributed by atoms with Crippen molar-refractivity contribution in [1.82, 2.24) is 20.4 Å². The van der Waals surface area contributed by atoms with Gasteiger partial charge in [-0.25, -0.2) is 9.07 Å². The molecule has 1 unspecified atom stereocenters. The van der Waals surface area contributed by atoms with E-state index in [9.17, 15) is 4.39 Å². The Hall–Kier alpha value is -1.31. The van der Waals surface area contributed by atoms with Gasteiger partial charge in [-0.2, -0.15) is 0 Å². The molecular formula is C13H17BrFN5. The molecular weight excluding hydrogens is 325 g/mol. The molecule has 1 atom stereocenters. The van der Waals surface area contributed by atoms with Gasteiger partial charge < -0.3 is 0 Å². The van der Waals surface area contributed by atoms with E-state index in [4.69, 9.17) is 5.84 Å². The molecule has 1 aromatic carbocycles. The number of hydrogen-bond donors (Lipinski definition) is 2. The third kappa shape index (κ3) is 2.61. The van der Waals surface area contributed by atoms with E-state index in [1.165, 1.54) is 12.1 Å². The fourth-order valence-corrected chi connectivity index (χ4v) is 2.88.